The van der Waals surface area contributed by atoms with E-state index in [1.54, 1.807) is 6.20 Å². The van der Waals surface area contributed by atoms with E-state index in [2.05, 4.69) is 14.9 Å². The molecule has 1 aromatic rings. The van der Waals surface area contributed by atoms with E-state index in [0.29, 0.717) is 18.8 Å². The Kier molecular flexibility index (Phi) is 4.81. The van der Waals surface area contributed by atoms with Gasteiger partial charge < -0.3 is 19.8 Å². The first-order chi connectivity index (χ1) is 9.86. The standard InChI is InChI=1S/C15H25N3O3/c1-10(2)14-16-5-13(12(8-20)17-14)18-6-11(7-19)21-15(3,4)9-18/h5,10-11,19-20H,6-9H2,1-4H3. The van der Waals surface area contributed by atoms with E-state index in [9.17, 15) is 10.2 Å². The van der Waals surface area contributed by atoms with Gasteiger partial charge in [0, 0.05) is 19.0 Å². The fraction of sp³-hybridized carbons (Fsp3) is 0.733. The molecule has 2 N–H and O–H groups in total. The fourth-order valence-electron chi connectivity index (χ4n) is 2.66. The molecule has 21 heavy (non-hydrogen) atoms. The Morgan fingerprint density at radius 3 is 2.71 bits per heavy atom. The Morgan fingerprint density at radius 1 is 1.43 bits per heavy atom. The number of aliphatic hydroxyl groups excluding tert-OH is 2. The summed E-state index contributed by atoms with van der Waals surface area (Å²) in [5.41, 5.74) is 1.08. The van der Waals surface area contributed by atoms with Gasteiger partial charge in [-0.25, -0.2) is 9.97 Å². The average Bonchev–Trinajstić information content (AvgIpc) is 2.44. The van der Waals surface area contributed by atoms with Crippen molar-refractivity contribution in [2.75, 3.05) is 24.6 Å². The number of nitrogens with zero attached hydrogens (tertiary/aromatic N) is 3. The molecular weight excluding hydrogens is 270 g/mol. The van der Waals surface area contributed by atoms with Gasteiger partial charge >= 0.3 is 0 Å². The van der Waals surface area contributed by atoms with Crippen LogP contribution in [0.1, 0.15) is 45.1 Å². The molecule has 0 aromatic carbocycles. The molecule has 1 fully saturated rings. The van der Waals surface area contributed by atoms with Crippen molar-refractivity contribution in [3.05, 3.63) is 17.7 Å². The third kappa shape index (κ3) is 3.70. The summed E-state index contributed by atoms with van der Waals surface area (Å²) in [6.07, 6.45) is 1.52. The highest BCUT2D eigenvalue weighted by Gasteiger charge is 2.34. The van der Waals surface area contributed by atoms with Crippen molar-refractivity contribution in [3.63, 3.8) is 0 Å². The van der Waals surface area contributed by atoms with E-state index in [1.807, 2.05) is 27.7 Å². The molecule has 0 radical (unpaired) electrons. The van der Waals surface area contributed by atoms with Crippen LogP contribution in [0.15, 0.2) is 6.20 Å². The summed E-state index contributed by atoms with van der Waals surface area (Å²) in [7, 11) is 0. The third-order valence-corrected chi connectivity index (χ3v) is 3.56. The van der Waals surface area contributed by atoms with Gasteiger partial charge in [-0.3, -0.25) is 0 Å². The van der Waals surface area contributed by atoms with Crippen molar-refractivity contribution in [1.29, 1.82) is 0 Å². The zero-order valence-electron chi connectivity index (χ0n) is 13.2. The molecule has 0 saturated carbocycles. The summed E-state index contributed by atoms with van der Waals surface area (Å²) in [4.78, 5) is 10.9. The Morgan fingerprint density at radius 2 is 2.14 bits per heavy atom. The van der Waals surface area contributed by atoms with Crippen molar-refractivity contribution in [1.82, 2.24) is 9.97 Å². The minimum atomic E-state index is -0.366. The van der Waals surface area contributed by atoms with Gasteiger partial charge in [-0.15, -0.1) is 0 Å². The minimum Gasteiger partial charge on any atom is -0.394 e. The zero-order chi connectivity index (χ0) is 15.6. The van der Waals surface area contributed by atoms with Gasteiger partial charge in [-0.05, 0) is 13.8 Å². The second-order valence-electron chi connectivity index (χ2n) is 6.44. The van der Waals surface area contributed by atoms with E-state index in [4.69, 9.17) is 4.74 Å². The summed E-state index contributed by atoms with van der Waals surface area (Å²) in [5.74, 6) is 0.949. The van der Waals surface area contributed by atoms with Crippen LogP contribution in [0.4, 0.5) is 5.69 Å². The average molecular weight is 295 g/mol. The minimum absolute atomic E-state index is 0.0284. The van der Waals surface area contributed by atoms with Crippen molar-refractivity contribution in [3.8, 4) is 0 Å². The molecule has 2 heterocycles. The molecule has 118 valence electrons. The summed E-state index contributed by atoms with van der Waals surface area (Å²) < 4.78 is 5.82. The number of morpholine rings is 1. The summed E-state index contributed by atoms with van der Waals surface area (Å²) in [6.45, 7) is 9.11. The fourth-order valence-corrected chi connectivity index (χ4v) is 2.66. The molecule has 0 aliphatic carbocycles. The highest BCUT2D eigenvalue weighted by Crippen LogP contribution is 2.28. The maximum atomic E-state index is 9.61. The topological polar surface area (TPSA) is 78.7 Å². The van der Waals surface area contributed by atoms with Crippen LogP contribution in [0.5, 0.6) is 0 Å². The lowest BCUT2D eigenvalue weighted by Gasteiger charge is -2.43. The maximum Gasteiger partial charge on any atom is 0.131 e. The molecule has 1 aliphatic rings. The molecule has 1 atom stereocenters. The van der Waals surface area contributed by atoms with Gasteiger partial charge in [0.05, 0.1) is 42.5 Å². The van der Waals surface area contributed by atoms with E-state index in [-0.39, 0.29) is 30.8 Å². The molecular formula is C15H25N3O3. The summed E-state index contributed by atoms with van der Waals surface area (Å²) >= 11 is 0. The van der Waals surface area contributed by atoms with Crippen LogP contribution in [0.3, 0.4) is 0 Å². The monoisotopic (exact) mass is 295 g/mol. The quantitative estimate of drug-likeness (QED) is 0.865. The Hall–Kier alpha value is -1.24. The first-order valence-electron chi connectivity index (χ1n) is 7.36. The zero-order valence-corrected chi connectivity index (χ0v) is 13.2. The van der Waals surface area contributed by atoms with E-state index in [1.165, 1.54) is 0 Å². The molecule has 1 aromatic heterocycles. The molecule has 0 bridgehead atoms. The van der Waals surface area contributed by atoms with Crippen LogP contribution >= 0.6 is 0 Å². The van der Waals surface area contributed by atoms with Crippen molar-refractivity contribution >= 4 is 5.69 Å². The highest BCUT2D eigenvalue weighted by atomic mass is 16.5. The van der Waals surface area contributed by atoms with Gasteiger partial charge in [0.2, 0.25) is 0 Å². The number of ether oxygens (including phenoxy) is 1. The second-order valence-corrected chi connectivity index (χ2v) is 6.44. The largest absolute Gasteiger partial charge is 0.394 e. The Bertz CT molecular complexity index is 491. The predicted molar refractivity (Wildman–Crippen MR) is 80.3 cm³/mol. The molecule has 6 nitrogen and oxygen atoms in total. The number of aromatic nitrogens is 2. The number of hydrogen-bond acceptors (Lipinski definition) is 6. The van der Waals surface area contributed by atoms with Crippen LogP contribution in [-0.4, -0.2) is 51.6 Å². The highest BCUT2D eigenvalue weighted by molar-refractivity contribution is 5.50. The Balaban J connectivity index is 2.31. The van der Waals surface area contributed by atoms with Gasteiger partial charge in [0.25, 0.3) is 0 Å². The molecule has 0 amide bonds. The summed E-state index contributed by atoms with van der Waals surface area (Å²) in [6, 6.07) is 0. The first kappa shape index (κ1) is 16.1. The van der Waals surface area contributed by atoms with E-state index < -0.39 is 0 Å². The van der Waals surface area contributed by atoms with Crippen LogP contribution in [0, 0.1) is 0 Å². The maximum absolute atomic E-state index is 9.61. The van der Waals surface area contributed by atoms with Crippen molar-refractivity contribution in [2.45, 2.75) is 51.9 Å². The predicted octanol–water partition coefficient (Wildman–Crippen LogP) is 1.07. The Labute approximate surface area is 125 Å². The SMILES string of the molecule is CC(C)c1ncc(N2CC(CO)OC(C)(C)C2)c(CO)n1. The van der Waals surface area contributed by atoms with Gasteiger partial charge in [0.1, 0.15) is 5.82 Å². The lowest BCUT2D eigenvalue weighted by atomic mass is 10.0. The molecule has 6 heteroatoms. The number of rotatable bonds is 4. The van der Waals surface area contributed by atoms with E-state index >= 15 is 0 Å². The molecule has 1 aliphatic heterocycles. The number of hydrogen-bond donors (Lipinski definition) is 2. The van der Waals surface area contributed by atoms with Crippen LogP contribution in [0.25, 0.3) is 0 Å². The normalized spacial score (nSPS) is 21.9. The van der Waals surface area contributed by atoms with Gasteiger partial charge in [0.15, 0.2) is 0 Å². The van der Waals surface area contributed by atoms with E-state index in [0.717, 1.165) is 11.5 Å². The van der Waals surface area contributed by atoms with Crippen molar-refractivity contribution in [2.24, 2.45) is 0 Å². The molecule has 1 saturated heterocycles. The smallest absolute Gasteiger partial charge is 0.131 e. The number of anilines is 1. The first-order valence-corrected chi connectivity index (χ1v) is 7.36. The van der Waals surface area contributed by atoms with Gasteiger partial charge in [-0.1, -0.05) is 13.8 Å². The van der Waals surface area contributed by atoms with Crippen molar-refractivity contribution < 1.29 is 14.9 Å². The lowest BCUT2D eigenvalue weighted by Crippen LogP contribution is -2.54. The molecule has 2 rings (SSSR count). The third-order valence-electron chi connectivity index (χ3n) is 3.56. The number of aliphatic hydroxyl groups is 2. The van der Waals surface area contributed by atoms with Crippen LogP contribution < -0.4 is 4.90 Å². The summed E-state index contributed by atoms with van der Waals surface area (Å²) in [5, 5.41) is 19.0. The van der Waals surface area contributed by atoms with Gasteiger partial charge in [-0.2, -0.15) is 0 Å². The van der Waals surface area contributed by atoms with Crippen LogP contribution in [0.2, 0.25) is 0 Å². The molecule has 0 spiro atoms. The molecule has 1 unspecified atom stereocenters. The van der Waals surface area contributed by atoms with Crippen LogP contribution in [-0.2, 0) is 11.3 Å². The lowest BCUT2D eigenvalue weighted by molar-refractivity contribution is -0.101. The second kappa shape index (κ2) is 6.25.